The molecule has 3 aromatic heterocycles. The van der Waals surface area contributed by atoms with Crippen LogP contribution < -0.4 is 10.9 Å². The summed E-state index contributed by atoms with van der Waals surface area (Å²) < 4.78 is 17.8. The van der Waals surface area contributed by atoms with E-state index in [-0.39, 0.29) is 23.2 Å². The van der Waals surface area contributed by atoms with Crippen LogP contribution in [0.1, 0.15) is 66.0 Å². The molecule has 3 heterocycles. The number of rotatable bonds is 9. The molecule has 0 aliphatic rings. The molecule has 0 aliphatic heterocycles. The molecular weight excluding hydrogens is 541 g/mol. The first-order valence-corrected chi connectivity index (χ1v) is 14.2. The lowest BCUT2D eigenvalue weighted by Gasteiger charge is -2.18. The first-order chi connectivity index (χ1) is 19.4. The van der Waals surface area contributed by atoms with Crippen molar-refractivity contribution in [2.45, 2.75) is 52.1 Å². The zero-order valence-electron chi connectivity index (χ0n) is 23.6. The molecule has 5 aromatic rings. The van der Waals surface area contributed by atoms with Crippen molar-refractivity contribution in [1.29, 1.82) is 0 Å². The number of halogens is 1. The van der Waals surface area contributed by atoms with E-state index in [1.165, 1.54) is 17.4 Å². The van der Waals surface area contributed by atoms with Gasteiger partial charge in [0.25, 0.3) is 5.56 Å². The Morgan fingerprint density at radius 1 is 1.20 bits per heavy atom. The smallest absolute Gasteiger partial charge is 0.287 e. The third kappa shape index (κ3) is 5.84. The van der Waals surface area contributed by atoms with Crippen LogP contribution in [0.25, 0.3) is 21.3 Å². The van der Waals surface area contributed by atoms with E-state index in [9.17, 15) is 14.7 Å². The van der Waals surface area contributed by atoms with Gasteiger partial charge in [0.1, 0.15) is 17.1 Å². The predicted octanol–water partition coefficient (Wildman–Crippen LogP) is 6.57. The minimum atomic E-state index is -1.11. The quantitative estimate of drug-likeness (QED) is 0.172. The molecule has 212 valence electrons. The minimum Gasteiger partial charge on any atom is -0.384 e. The molecule has 0 aliphatic carbocycles. The first kappa shape index (κ1) is 28.4. The Bertz CT molecular complexity index is 1780. The fraction of sp³-hybridized carbons (Fsp3) is 0.290. The maximum absolute atomic E-state index is 15.1. The summed E-state index contributed by atoms with van der Waals surface area (Å²) in [4.78, 5) is 26.2. The van der Waals surface area contributed by atoms with Crippen LogP contribution in [0.15, 0.2) is 59.4 Å². The Balaban J connectivity index is 1.37. The van der Waals surface area contributed by atoms with Crippen LogP contribution in [-0.4, -0.2) is 30.9 Å². The van der Waals surface area contributed by atoms with Crippen LogP contribution in [0, 0.1) is 12.7 Å². The second-order valence-electron chi connectivity index (χ2n) is 10.9. The zero-order valence-corrected chi connectivity index (χ0v) is 24.4. The second-order valence-corrected chi connectivity index (χ2v) is 11.9. The van der Waals surface area contributed by atoms with E-state index >= 15 is 4.39 Å². The average molecular weight is 574 g/mol. The minimum absolute atomic E-state index is 0.0487. The number of aromatic amines is 1. The fourth-order valence-corrected chi connectivity index (χ4v) is 6.22. The summed E-state index contributed by atoms with van der Waals surface area (Å²) in [5.74, 6) is -0.126. The number of hydrogen-bond acceptors (Lipinski definition) is 7. The third-order valence-corrected chi connectivity index (χ3v) is 8.47. The summed E-state index contributed by atoms with van der Waals surface area (Å²) in [6.07, 6.45) is 0.794. The lowest BCUT2D eigenvalue weighted by atomic mass is 9.88. The predicted molar refractivity (Wildman–Crippen MR) is 161 cm³/mol. The molecule has 0 bridgehead atoms. The highest BCUT2D eigenvalue weighted by Crippen LogP contribution is 2.34. The Morgan fingerprint density at radius 3 is 2.66 bits per heavy atom. The van der Waals surface area contributed by atoms with E-state index in [0.717, 1.165) is 10.1 Å². The topological polar surface area (TPSA) is 113 Å². The highest BCUT2D eigenvalue weighted by molar-refractivity contribution is 7.20. The summed E-state index contributed by atoms with van der Waals surface area (Å²) >= 11 is 1.48. The van der Waals surface area contributed by atoms with Gasteiger partial charge in [-0.15, -0.1) is 11.3 Å². The molecule has 8 nitrogen and oxygen atoms in total. The Morgan fingerprint density at radius 2 is 1.95 bits per heavy atom. The Labute approximate surface area is 240 Å². The molecule has 2 aromatic carbocycles. The normalized spacial score (nSPS) is 12.6. The van der Waals surface area contributed by atoms with Gasteiger partial charge in [-0.25, -0.2) is 9.49 Å². The van der Waals surface area contributed by atoms with Gasteiger partial charge in [-0.3, -0.25) is 14.3 Å². The molecular formula is C31H32FN5O3S. The number of nitrogens with zero attached hydrogens (tertiary/aromatic N) is 3. The van der Waals surface area contributed by atoms with Gasteiger partial charge in [0.2, 0.25) is 0 Å². The Hall–Kier alpha value is -4.15. The van der Waals surface area contributed by atoms with Gasteiger partial charge in [0.05, 0.1) is 16.3 Å². The number of aryl methyl sites for hydroxylation is 1. The number of carbonyl (C=O) groups excluding carboxylic acids is 1. The Kier molecular flexibility index (Phi) is 7.63. The van der Waals surface area contributed by atoms with Crippen LogP contribution in [0.3, 0.4) is 0 Å². The van der Waals surface area contributed by atoms with Crippen molar-refractivity contribution in [1.82, 2.24) is 20.0 Å². The van der Waals surface area contributed by atoms with Gasteiger partial charge < -0.3 is 10.4 Å². The highest BCUT2D eigenvalue weighted by atomic mass is 32.1. The highest BCUT2D eigenvalue weighted by Gasteiger charge is 2.23. The number of aromatic nitrogens is 4. The molecule has 0 saturated heterocycles. The molecule has 5 rings (SSSR count). The third-order valence-electron chi connectivity index (χ3n) is 7.31. The molecule has 41 heavy (non-hydrogen) atoms. The van der Waals surface area contributed by atoms with Crippen molar-refractivity contribution in [2.24, 2.45) is 7.05 Å². The number of fused-ring (bicyclic) bond motifs is 1. The molecule has 10 heteroatoms. The van der Waals surface area contributed by atoms with Gasteiger partial charge in [-0.1, -0.05) is 25.1 Å². The fourth-order valence-electron chi connectivity index (χ4n) is 5.19. The van der Waals surface area contributed by atoms with Crippen molar-refractivity contribution < 1.29 is 14.3 Å². The number of aliphatic hydroxyl groups is 1. The maximum Gasteiger partial charge on any atom is 0.287 e. The van der Waals surface area contributed by atoms with E-state index in [4.69, 9.17) is 0 Å². The number of benzene rings is 2. The zero-order chi connectivity index (χ0) is 29.5. The average Bonchev–Trinajstić information content (AvgIpc) is 3.52. The summed E-state index contributed by atoms with van der Waals surface area (Å²) in [6.45, 7) is 7.05. The number of Topliss-reactive ketones (excluding diaryl/α,β-unsaturated/α-hetero) is 1. The lowest BCUT2D eigenvalue weighted by Crippen LogP contribution is -2.19. The number of carbonyl (C=O) groups is 1. The largest absolute Gasteiger partial charge is 0.384 e. The van der Waals surface area contributed by atoms with E-state index in [0.29, 0.717) is 51.6 Å². The van der Waals surface area contributed by atoms with Crippen LogP contribution >= 0.6 is 11.3 Å². The second kappa shape index (κ2) is 11.0. The van der Waals surface area contributed by atoms with Gasteiger partial charge in [0, 0.05) is 29.8 Å². The van der Waals surface area contributed by atoms with Crippen LogP contribution in [0.5, 0.6) is 0 Å². The molecule has 0 radical (unpaired) electrons. The summed E-state index contributed by atoms with van der Waals surface area (Å²) in [5.41, 5.74) is 1.57. The summed E-state index contributed by atoms with van der Waals surface area (Å²) in [7, 11) is 1.71. The molecule has 1 unspecified atom stereocenters. The van der Waals surface area contributed by atoms with Crippen LogP contribution in [0.2, 0.25) is 0 Å². The van der Waals surface area contributed by atoms with Crippen molar-refractivity contribution in [3.05, 3.63) is 92.5 Å². The molecule has 1 atom stereocenters. The van der Waals surface area contributed by atoms with Crippen molar-refractivity contribution in [3.8, 4) is 11.3 Å². The number of hydrogen-bond donors (Lipinski definition) is 3. The molecule has 0 fully saturated rings. The van der Waals surface area contributed by atoms with E-state index in [1.54, 1.807) is 43.8 Å². The lowest BCUT2D eigenvalue weighted by molar-refractivity contribution is 0.0695. The monoisotopic (exact) mass is 573 g/mol. The number of ketones is 1. The SMILES string of the molecule is Cc1c(-c2cc(Nc3cc(C(C)(C)O)n(C)n3)c(=O)[nH]n2)ccc(F)c1C(C)CCC(=O)c1cc2ccccc2s1. The standard InChI is InChI=1S/C31H32FN5O3S/c1-17(10-13-24(38)26-14-19-8-6-7-9-25(19)41-26)29-18(2)20(11-12-21(29)32)22-15-23(30(39)35-34-22)33-28-16-27(31(3,4)40)37(5)36-28/h6-9,11-12,14-17,40H,10,13H2,1-5H3,(H,35,39)(H,33,34,36). The molecule has 0 saturated carbocycles. The number of thiophene rings is 1. The number of H-pyrrole nitrogens is 1. The molecule has 0 spiro atoms. The van der Waals surface area contributed by atoms with Crippen LogP contribution in [0.4, 0.5) is 15.9 Å². The van der Waals surface area contributed by atoms with Gasteiger partial charge in [-0.05, 0) is 80.0 Å². The van der Waals surface area contributed by atoms with Gasteiger partial charge in [-0.2, -0.15) is 10.2 Å². The van der Waals surface area contributed by atoms with E-state index in [2.05, 4.69) is 20.6 Å². The molecule has 3 N–H and O–H groups in total. The molecule has 0 amide bonds. The summed E-state index contributed by atoms with van der Waals surface area (Å²) in [5, 5.41) is 25.5. The van der Waals surface area contributed by atoms with Crippen LogP contribution in [-0.2, 0) is 12.6 Å². The number of nitrogens with one attached hydrogen (secondary N) is 2. The van der Waals surface area contributed by atoms with Crippen molar-refractivity contribution >= 4 is 38.7 Å². The van der Waals surface area contributed by atoms with E-state index < -0.39 is 11.2 Å². The maximum atomic E-state index is 15.1. The first-order valence-electron chi connectivity index (χ1n) is 13.4. The summed E-state index contributed by atoms with van der Waals surface area (Å²) in [6, 6.07) is 16.1. The van der Waals surface area contributed by atoms with Crippen molar-refractivity contribution in [3.63, 3.8) is 0 Å². The van der Waals surface area contributed by atoms with E-state index in [1.807, 2.05) is 44.2 Å². The van der Waals surface area contributed by atoms with Gasteiger partial charge in [0.15, 0.2) is 11.6 Å². The van der Waals surface area contributed by atoms with Crippen molar-refractivity contribution in [2.75, 3.05) is 5.32 Å². The van der Waals surface area contributed by atoms with Gasteiger partial charge >= 0.3 is 0 Å². The number of anilines is 2.